The molecular weight excluding hydrogens is 486 g/mol. The number of ketones is 1. The Hall–Kier alpha value is -3.04. The van der Waals surface area contributed by atoms with Gasteiger partial charge in [0.05, 0.1) is 11.1 Å². The van der Waals surface area contributed by atoms with Gasteiger partial charge in [-0.1, -0.05) is 18.2 Å². The number of carbonyl (C=O) groups excluding carboxylic acids is 2. The Labute approximate surface area is 204 Å². The number of nitrogens with zero attached hydrogens (tertiary/aromatic N) is 2. The van der Waals surface area contributed by atoms with E-state index in [4.69, 9.17) is 0 Å². The topological polar surface area (TPSA) is 40.6 Å². The van der Waals surface area contributed by atoms with Crippen molar-refractivity contribution in [3.8, 4) is 0 Å². The standard InChI is InChI=1S/C26H26F6N2O2/c27-25(28,29)19-5-3-4-17(12-19)13-23(35)18-14-20(26(30,31)32)16-22(15-18)33-10-7-21(8-11-33)34-9-2-1-6-24(34)36/h3-5,12,14-16,21H,1-2,6-11,13H2. The summed E-state index contributed by atoms with van der Waals surface area (Å²) in [6.45, 7) is 1.55. The first-order chi connectivity index (χ1) is 16.9. The van der Waals surface area contributed by atoms with Gasteiger partial charge in [0.15, 0.2) is 5.78 Å². The second kappa shape index (κ2) is 10.1. The third-order valence-corrected chi connectivity index (χ3v) is 6.82. The normalized spacial score (nSPS) is 18.0. The van der Waals surface area contributed by atoms with Crippen LogP contribution in [0.3, 0.4) is 0 Å². The van der Waals surface area contributed by atoms with Gasteiger partial charge in [-0.2, -0.15) is 26.3 Å². The summed E-state index contributed by atoms with van der Waals surface area (Å²) in [6, 6.07) is 7.37. The van der Waals surface area contributed by atoms with Crippen LogP contribution in [-0.2, 0) is 23.6 Å². The van der Waals surface area contributed by atoms with Crippen molar-refractivity contribution in [3.63, 3.8) is 0 Å². The Morgan fingerprint density at radius 2 is 1.56 bits per heavy atom. The molecule has 2 aliphatic rings. The molecule has 2 fully saturated rings. The lowest BCUT2D eigenvalue weighted by Crippen LogP contribution is -2.49. The fourth-order valence-corrected chi connectivity index (χ4v) is 4.91. The summed E-state index contributed by atoms with van der Waals surface area (Å²) in [5.74, 6) is -0.586. The predicted molar refractivity (Wildman–Crippen MR) is 122 cm³/mol. The van der Waals surface area contributed by atoms with Gasteiger partial charge in [-0.15, -0.1) is 0 Å². The zero-order valence-electron chi connectivity index (χ0n) is 19.5. The Bertz CT molecular complexity index is 1120. The quantitative estimate of drug-likeness (QED) is 0.358. The second-order valence-corrected chi connectivity index (χ2v) is 9.33. The van der Waals surface area contributed by atoms with Crippen molar-refractivity contribution in [2.24, 2.45) is 0 Å². The van der Waals surface area contributed by atoms with E-state index < -0.39 is 35.7 Å². The molecule has 0 saturated carbocycles. The molecule has 0 spiro atoms. The van der Waals surface area contributed by atoms with E-state index in [1.807, 2.05) is 4.90 Å². The third kappa shape index (κ3) is 6.02. The minimum atomic E-state index is -4.69. The molecule has 2 saturated heterocycles. The van der Waals surface area contributed by atoms with Gasteiger partial charge in [-0.25, -0.2) is 0 Å². The zero-order chi connectivity index (χ0) is 26.1. The molecule has 2 aromatic carbocycles. The van der Waals surface area contributed by atoms with E-state index in [1.54, 1.807) is 4.90 Å². The van der Waals surface area contributed by atoms with Gasteiger partial charge in [0, 0.05) is 49.8 Å². The summed E-state index contributed by atoms with van der Waals surface area (Å²) >= 11 is 0. The van der Waals surface area contributed by atoms with Crippen LogP contribution < -0.4 is 4.90 Å². The van der Waals surface area contributed by atoms with E-state index in [9.17, 15) is 35.9 Å². The second-order valence-electron chi connectivity index (χ2n) is 9.33. The van der Waals surface area contributed by atoms with Crippen molar-refractivity contribution >= 4 is 17.4 Å². The molecule has 0 unspecified atom stereocenters. The number of alkyl halides is 6. The van der Waals surface area contributed by atoms with E-state index >= 15 is 0 Å². The van der Waals surface area contributed by atoms with Gasteiger partial charge in [0.2, 0.25) is 5.91 Å². The number of amides is 1. The highest BCUT2D eigenvalue weighted by atomic mass is 19.4. The number of rotatable bonds is 5. The smallest absolute Gasteiger partial charge is 0.371 e. The maximum atomic E-state index is 13.6. The van der Waals surface area contributed by atoms with Crippen LogP contribution in [0.2, 0.25) is 0 Å². The lowest BCUT2D eigenvalue weighted by atomic mass is 9.96. The fourth-order valence-electron chi connectivity index (χ4n) is 4.91. The Morgan fingerprint density at radius 3 is 2.19 bits per heavy atom. The van der Waals surface area contributed by atoms with E-state index in [0.29, 0.717) is 38.9 Å². The molecule has 0 aliphatic carbocycles. The monoisotopic (exact) mass is 512 g/mol. The molecule has 4 nitrogen and oxygen atoms in total. The van der Waals surface area contributed by atoms with Crippen LogP contribution in [0.1, 0.15) is 59.2 Å². The SMILES string of the molecule is O=C(Cc1cccc(C(F)(F)F)c1)c1cc(N2CCC(N3CCCCC3=O)CC2)cc(C(F)(F)F)c1. The lowest BCUT2D eigenvalue weighted by molar-refractivity contribution is -0.138. The zero-order valence-corrected chi connectivity index (χ0v) is 19.5. The molecule has 2 aliphatic heterocycles. The van der Waals surface area contributed by atoms with Crippen LogP contribution in [0, 0.1) is 0 Å². The average molecular weight is 512 g/mol. The van der Waals surface area contributed by atoms with E-state index in [1.165, 1.54) is 18.2 Å². The van der Waals surface area contributed by atoms with Gasteiger partial charge in [-0.3, -0.25) is 9.59 Å². The number of piperidine rings is 2. The molecule has 4 rings (SSSR count). The molecule has 0 N–H and O–H groups in total. The van der Waals surface area contributed by atoms with Crippen molar-refractivity contribution in [2.75, 3.05) is 24.5 Å². The number of anilines is 1. The number of halogens is 6. The van der Waals surface area contributed by atoms with Gasteiger partial charge in [0.1, 0.15) is 0 Å². The number of carbonyl (C=O) groups is 2. The van der Waals surface area contributed by atoms with Crippen molar-refractivity contribution in [2.45, 2.75) is 56.9 Å². The highest BCUT2D eigenvalue weighted by Crippen LogP contribution is 2.35. The first kappa shape index (κ1) is 26.0. The Kier molecular flexibility index (Phi) is 7.33. The largest absolute Gasteiger partial charge is 0.416 e. The maximum absolute atomic E-state index is 13.6. The molecule has 2 heterocycles. The average Bonchev–Trinajstić information content (AvgIpc) is 2.83. The highest BCUT2D eigenvalue weighted by Gasteiger charge is 2.34. The van der Waals surface area contributed by atoms with Crippen molar-refractivity contribution in [1.82, 2.24) is 4.90 Å². The van der Waals surface area contributed by atoms with E-state index in [-0.39, 0.29) is 28.8 Å². The molecule has 194 valence electrons. The molecule has 0 radical (unpaired) electrons. The molecule has 2 aromatic rings. The van der Waals surface area contributed by atoms with Crippen molar-refractivity contribution in [3.05, 3.63) is 64.7 Å². The predicted octanol–water partition coefficient (Wildman–Crippen LogP) is 6.13. The first-order valence-electron chi connectivity index (χ1n) is 11.9. The molecule has 0 aromatic heterocycles. The number of likely N-dealkylation sites (tertiary alicyclic amines) is 1. The van der Waals surface area contributed by atoms with Gasteiger partial charge in [0.25, 0.3) is 0 Å². The van der Waals surface area contributed by atoms with Crippen LogP contribution in [0.25, 0.3) is 0 Å². The fraction of sp³-hybridized carbons (Fsp3) is 0.462. The minimum absolute atomic E-state index is 0.0434. The summed E-state index contributed by atoms with van der Waals surface area (Å²) in [7, 11) is 0. The third-order valence-electron chi connectivity index (χ3n) is 6.82. The minimum Gasteiger partial charge on any atom is -0.371 e. The van der Waals surface area contributed by atoms with Crippen LogP contribution >= 0.6 is 0 Å². The first-order valence-corrected chi connectivity index (χ1v) is 11.9. The molecule has 10 heteroatoms. The van der Waals surface area contributed by atoms with Crippen LogP contribution in [-0.4, -0.2) is 42.3 Å². The van der Waals surface area contributed by atoms with Gasteiger partial charge in [-0.05, 0) is 55.5 Å². The summed E-state index contributed by atoms with van der Waals surface area (Å²) in [6.07, 6.45) is -6.19. The van der Waals surface area contributed by atoms with E-state index in [0.717, 1.165) is 37.1 Å². The number of Topliss-reactive ketones (excluding diaryl/α,β-unsaturated/α-hetero) is 1. The van der Waals surface area contributed by atoms with Gasteiger partial charge >= 0.3 is 12.4 Å². The summed E-state index contributed by atoms with van der Waals surface area (Å²) in [5.41, 5.74) is -1.81. The molecule has 36 heavy (non-hydrogen) atoms. The summed E-state index contributed by atoms with van der Waals surface area (Å²) in [5, 5.41) is 0. The number of benzene rings is 2. The number of hydrogen-bond acceptors (Lipinski definition) is 3. The highest BCUT2D eigenvalue weighted by molar-refractivity contribution is 5.98. The molecule has 1 amide bonds. The number of hydrogen-bond donors (Lipinski definition) is 0. The maximum Gasteiger partial charge on any atom is 0.416 e. The Balaban J connectivity index is 1.53. The Morgan fingerprint density at radius 1 is 0.861 bits per heavy atom. The van der Waals surface area contributed by atoms with Crippen LogP contribution in [0.4, 0.5) is 32.0 Å². The molecular formula is C26H26F6N2O2. The van der Waals surface area contributed by atoms with Crippen LogP contribution in [0.15, 0.2) is 42.5 Å². The summed E-state index contributed by atoms with van der Waals surface area (Å²) < 4.78 is 79.9. The summed E-state index contributed by atoms with van der Waals surface area (Å²) in [4.78, 5) is 28.7. The molecule has 0 atom stereocenters. The molecule has 0 bridgehead atoms. The van der Waals surface area contributed by atoms with Crippen molar-refractivity contribution in [1.29, 1.82) is 0 Å². The van der Waals surface area contributed by atoms with E-state index in [2.05, 4.69) is 0 Å². The van der Waals surface area contributed by atoms with Crippen LogP contribution in [0.5, 0.6) is 0 Å². The van der Waals surface area contributed by atoms with Gasteiger partial charge < -0.3 is 9.80 Å². The van der Waals surface area contributed by atoms with Crippen molar-refractivity contribution < 1.29 is 35.9 Å². The lowest BCUT2D eigenvalue weighted by Gasteiger charge is -2.41.